The molecule has 0 spiro atoms. The maximum absolute atomic E-state index is 9.34. The third-order valence-corrected chi connectivity index (χ3v) is 3.87. The lowest BCUT2D eigenvalue weighted by Gasteiger charge is -2.39. The van der Waals surface area contributed by atoms with Crippen LogP contribution in [0.2, 0.25) is 0 Å². The Kier molecular flexibility index (Phi) is 3.56. The molecule has 0 saturated carbocycles. The summed E-state index contributed by atoms with van der Waals surface area (Å²) in [6.45, 7) is 9.52. The highest BCUT2D eigenvalue weighted by Gasteiger charge is 2.25. The Balaban J connectivity index is 2.42. The predicted octanol–water partition coefficient (Wildman–Crippen LogP) is 3.19. The molecule has 3 heteroatoms. The van der Waals surface area contributed by atoms with Crippen LogP contribution in [0.15, 0.2) is 6.07 Å². The van der Waals surface area contributed by atoms with E-state index < -0.39 is 0 Å². The molecule has 0 N–H and O–H groups in total. The van der Waals surface area contributed by atoms with E-state index in [9.17, 15) is 5.26 Å². The van der Waals surface area contributed by atoms with Crippen molar-refractivity contribution in [2.45, 2.75) is 46.6 Å². The molecule has 0 amide bonds. The first-order valence-electron chi connectivity index (χ1n) is 6.68. The molecule has 1 fully saturated rings. The molecule has 1 aromatic rings. The summed E-state index contributed by atoms with van der Waals surface area (Å²) in [5.74, 6) is 0.783. The van der Waals surface area contributed by atoms with E-state index >= 15 is 0 Å². The maximum Gasteiger partial charge on any atom is 0.103 e. The van der Waals surface area contributed by atoms with E-state index in [-0.39, 0.29) is 0 Å². The van der Waals surface area contributed by atoms with Crippen molar-refractivity contribution in [3.8, 4) is 6.07 Å². The largest absolute Gasteiger partial charge is 0.368 e. The Labute approximate surface area is 109 Å². The molecule has 0 aliphatic carbocycles. The van der Waals surface area contributed by atoms with E-state index in [1.807, 2.05) is 13.8 Å². The van der Waals surface area contributed by atoms with Crippen LogP contribution in [0.5, 0.6) is 0 Å². The molecular weight excluding hydrogens is 222 g/mol. The van der Waals surface area contributed by atoms with Gasteiger partial charge in [0, 0.05) is 18.3 Å². The second-order valence-electron chi connectivity index (χ2n) is 5.53. The quantitative estimate of drug-likeness (QED) is 0.760. The van der Waals surface area contributed by atoms with Gasteiger partial charge in [-0.2, -0.15) is 5.26 Å². The zero-order valence-corrected chi connectivity index (χ0v) is 11.7. The van der Waals surface area contributed by atoms with Crippen LogP contribution in [0.3, 0.4) is 0 Å². The zero-order valence-electron chi connectivity index (χ0n) is 11.7. The Morgan fingerprint density at radius 3 is 2.72 bits per heavy atom. The second kappa shape index (κ2) is 4.97. The first kappa shape index (κ1) is 12.9. The van der Waals surface area contributed by atoms with Gasteiger partial charge in [-0.3, -0.25) is 4.98 Å². The molecule has 2 rings (SSSR count). The Morgan fingerprint density at radius 2 is 2.11 bits per heavy atom. The molecule has 1 saturated heterocycles. The molecule has 3 nitrogen and oxygen atoms in total. The minimum absolute atomic E-state index is 0.502. The molecule has 1 aliphatic rings. The van der Waals surface area contributed by atoms with Crippen LogP contribution in [0.1, 0.15) is 43.6 Å². The number of aryl methyl sites for hydroxylation is 2. The average Bonchev–Trinajstić information content (AvgIpc) is 2.28. The molecule has 1 aliphatic heterocycles. The van der Waals surface area contributed by atoms with Crippen LogP contribution in [0.4, 0.5) is 5.69 Å². The number of nitriles is 1. The normalized spacial score (nSPS) is 23.8. The van der Waals surface area contributed by atoms with Crippen LogP contribution >= 0.6 is 0 Å². The van der Waals surface area contributed by atoms with E-state index in [4.69, 9.17) is 0 Å². The minimum atomic E-state index is 0.502. The third kappa shape index (κ3) is 2.33. The van der Waals surface area contributed by atoms with Gasteiger partial charge in [-0.1, -0.05) is 6.92 Å². The molecule has 0 radical (unpaired) electrons. The third-order valence-electron chi connectivity index (χ3n) is 3.87. The van der Waals surface area contributed by atoms with E-state index in [1.54, 1.807) is 0 Å². The minimum Gasteiger partial charge on any atom is -0.368 e. The first-order valence-corrected chi connectivity index (χ1v) is 6.68. The van der Waals surface area contributed by atoms with Crippen LogP contribution in [0.25, 0.3) is 0 Å². The summed E-state index contributed by atoms with van der Waals surface area (Å²) in [5, 5.41) is 9.34. The zero-order chi connectivity index (χ0) is 13.3. The molecular formula is C15H21N3. The lowest BCUT2D eigenvalue weighted by Crippen LogP contribution is -2.40. The second-order valence-corrected chi connectivity index (χ2v) is 5.53. The van der Waals surface area contributed by atoms with E-state index in [1.165, 1.54) is 12.8 Å². The summed E-state index contributed by atoms with van der Waals surface area (Å²) < 4.78 is 0. The van der Waals surface area contributed by atoms with Crippen molar-refractivity contribution < 1.29 is 0 Å². The van der Waals surface area contributed by atoms with Gasteiger partial charge in [0.05, 0.1) is 16.9 Å². The van der Waals surface area contributed by atoms with Crippen molar-refractivity contribution in [1.29, 1.82) is 5.26 Å². The monoisotopic (exact) mass is 243 g/mol. The predicted molar refractivity (Wildman–Crippen MR) is 73.6 cm³/mol. The van der Waals surface area contributed by atoms with E-state index in [0.29, 0.717) is 6.04 Å². The number of pyridine rings is 1. The molecule has 96 valence electrons. The fourth-order valence-corrected chi connectivity index (χ4v) is 2.94. The molecule has 0 aromatic carbocycles. The van der Waals surface area contributed by atoms with Gasteiger partial charge in [0.2, 0.25) is 0 Å². The Bertz CT molecular complexity index is 487. The highest BCUT2D eigenvalue weighted by atomic mass is 15.2. The fourth-order valence-electron chi connectivity index (χ4n) is 2.94. The summed E-state index contributed by atoms with van der Waals surface area (Å²) in [5.41, 5.74) is 3.65. The van der Waals surface area contributed by atoms with Crippen LogP contribution < -0.4 is 4.90 Å². The van der Waals surface area contributed by atoms with Crippen LogP contribution in [0, 0.1) is 31.1 Å². The van der Waals surface area contributed by atoms with Gasteiger partial charge in [0.1, 0.15) is 6.07 Å². The van der Waals surface area contributed by atoms with E-state index in [0.717, 1.165) is 35.1 Å². The highest BCUT2D eigenvalue weighted by Crippen LogP contribution is 2.31. The summed E-state index contributed by atoms with van der Waals surface area (Å²) >= 11 is 0. The highest BCUT2D eigenvalue weighted by molar-refractivity contribution is 5.62. The Hall–Kier alpha value is -1.56. The van der Waals surface area contributed by atoms with Gasteiger partial charge in [0.25, 0.3) is 0 Å². The van der Waals surface area contributed by atoms with Crippen molar-refractivity contribution in [2.75, 3.05) is 11.4 Å². The number of aromatic nitrogens is 1. The first-order chi connectivity index (χ1) is 8.52. The smallest absolute Gasteiger partial charge is 0.103 e. The molecule has 2 atom stereocenters. The topological polar surface area (TPSA) is 39.9 Å². The standard InChI is InChI=1S/C15H21N3/c1-10-5-6-18(12(3)7-10)15-8-11(2)17-13(4)14(15)9-16/h8,10,12H,5-7H2,1-4H3. The number of nitrogens with zero attached hydrogens (tertiary/aromatic N) is 3. The van der Waals surface area contributed by atoms with Gasteiger partial charge < -0.3 is 4.90 Å². The number of hydrogen-bond acceptors (Lipinski definition) is 3. The Morgan fingerprint density at radius 1 is 1.39 bits per heavy atom. The lowest BCUT2D eigenvalue weighted by molar-refractivity contribution is 0.377. The van der Waals surface area contributed by atoms with Crippen molar-refractivity contribution in [3.05, 3.63) is 23.0 Å². The summed E-state index contributed by atoms with van der Waals surface area (Å²) in [4.78, 5) is 6.77. The van der Waals surface area contributed by atoms with Crippen LogP contribution in [-0.4, -0.2) is 17.6 Å². The number of hydrogen-bond donors (Lipinski definition) is 0. The molecule has 2 heterocycles. The van der Waals surface area contributed by atoms with Gasteiger partial charge >= 0.3 is 0 Å². The molecule has 18 heavy (non-hydrogen) atoms. The number of piperidine rings is 1. The maximum atomic E-state index is 9.34. The average molecular weight is 243 g/mol. The van der Waals surface area contributed by atoms with Gasteiger partial charge in [0.15, 0.2) is 0 Å². The van der Waals surface area contributed by atoms with Crippen molar-refractivity contribution >= 4 is 5.69 Å². The molecule has 1 aromatic heterocycles. The summed E-state index contributed by atoms with van der Waals surface area (Å²) in [6.07, 6.45) is 2.40. The van der Waals surface area contributed by atoms with Crippen molar-refractivity contribution in [1.82, 2.24) is 4.98 Å². The van der Waals surface area contributed by atoms with Gasteiger partial charge in [-0.05, 0) is 45.6 Å². The molecule has 2 unspecified atom stereocenters. The van der Waals surface area contributed by atoms with Gasteiger partial charge in [-0.25, -0.2) is 0 Å². The summed E-state index contributed by atoms with van der Waals surface area (Å²) in [7, 11) is 0. The van der Waals surface area contributed by atoms with Crippen molar-refractivity contribution in [2.24, 2.45) is 5.92 Å². The van der Waals surface area contributed by atoms with Crippen molar-refractivity contribution in [3.63, 3.8) is 0 Å². The SMILES string of the molecule is Cc1cc(N2CCC(C)CC2C)c(C#N)c(C)n1. The summed E-state index contributed by atoms with van der Waals surface area (Å²) in [6, 6.07) is 4.87. The van der Waals surface area contributed by atoms with E-state index in [2.05, 4.69) is 35.9 Å². The lowest BCUT2D eigenvalue weighted by atomic mass is 9.92. The fraction of sp³-hybridized carbons (Fsp3) is 0.600. The number of rotatable bonds is 1. The van der Waals surface area contributed by atoms with Gasteiger partial charge in [-0.15, -0.1) is 0 Å². The van der Waals surface area contributed by atoms with Crippen LogP contribution in [-0.2, 0) is 0 Å². The number of anilines is 1. The molecule has 0 bridgehead atoms.